The Hall–Kier alpha value is -0.870. The number of nitrogens with zero attached hydrogens (tertiary/aromatic N) is 3. The first-order chi connectivity index (χ1) is 9.10. The number of rotatable bonds is 5. The Morgan fingerprint density at radius 3 is 3.00 bits per heavy atom. The van der Waals surface area contributed by atoms with Crippen LogP contribution in [0.3, 0.4) is 0 Å². The quantitative estimate of drug-likeness (QED) is 0.886. The summed E-state index contributed by atoms with van der Waals surface area (Å²) in [7, 11) is 2.22. The Balaban J connectivity index is 1.81. The summed E-state index contributed by atoms with van der Waals surface area (Å²) in [6.07, 6.45) is 5.71. The van der Waals surface area contributed by atoms with Gasteiger partial charge in [-0.1, -0.05) is 6.92 Å². The van der Waals surface area contributed by atoms with Crippen LogP contribution in [0.15, 0.2) is 12.3 Å². The molecule has 3 atom stereocenters. The molecule has 1 N–H and O–H groups in total. The number of likely N-dealkylation sites (tertiary alicyclic amines) is 1. The van der Waals surface area contributed by atoms with Gasteiger partial charge in [-0.3, -0.25) is 4.68 Å². The van der Waals surface area contributed by atoms with Crippen LogP contribution in [0, 0.1) is 0 Å². The van der Waals surface area contributed by atoms with Gasteiger partial charge in [-0.05, 0) is 52.8 Å². The second-order valence-corrected chi connectivity index (χ2v) is 5.98. The maximum absolute atomic E-state index is 4.64. The largest absolute Gasteiger partial charge is 0.308 e. The minimum absolute atomic E-state index is 0.497. The van der Waals surface area contributed by atoms with Gasteiger partial charge in [0.2, 0.25) is 0 Å². The maximum Gasteiger partial charge on any atom is 0.0762 e. The molecule has 2 rings (SSSR count). The molecule has 0 amide bonds. The van der Waals surface area contributed by atoms with Gasteiger partial charge < -0.3 is 10.2 Å². The van der Waals surface area contributed by atoms with Gasteiger partial charge >= 0.3 is 0 Å². The van der Waals surface area contributed by atoms with Crippen molar-refractivity contribution in [3.05, 3.63) is 18.0 Å². The zero-order valence-corrected chi connectivity index (χ0v) is 12.8. The van der Waals surface area contributed by atoms with Crippen molar-refractivity contribution in [3.63, 3.8) is 0 Å². The van der Waals surface area contributed by atoms with Crippen molar-refractivity contribution in [1.29, 1.82) is 0 Å². The van der Waals surface area contributed by atoms with Crippen molar-refractivity contribution in [3.8, 4) is 0 Å². The molecule has 0 spiro atoms. The molecule has 1 aromatic rings. The van der Waals surface area contributed by atoms with Crippen LogP contribution in [-0.2, 0) is 6.54 Å². The van der Waals surface area contributed by atoms with Crippen molar-refractivity contribution in [2.45, 2.75) is 64.7 Å². The molecule has 1 fully saturated rings. The van der Waals surface area contributed by atoms with Crippen molar-refractivity contribution >= 4 is 0 Å². The van der Waals surface area contributed by atoms with E-state index >= 15 is 0 Å². The zero-order chi connectivity index (χ0) is 13.8. The summed E-state index contributed by atoms with van der Waals surface area (Å²) in [5, 5.41) is 8.30. The molecule has 1 aliphatic rings. The molecule has 1 saturated heterocycles. The summed E-state index contributed by atoms with van der Waals surface area (Å²) in [4.78, 5) is 2.44. The van der Waals surface area contributed by atoms with E-state index in [0.29, 0.717) is 18.1 Å². The molecule has 108 valence electrons. The smallest absolute Gasteiger partial charge is 0.0762 e. The average molecular weight is 264 g/mol. The van der Waals surface area contributed by atoms with Crippen LogP contribution in [0.5, 0.6) is 0 Å². The fourth-order valence-corrected chi connectivity index (χ4v) is 2.63. The Morgan fingerprint density at radius 1 is 1.53 bits per heavy atom. The first-order valence-corrected chi connectivity index (χ1v) is 7.57. The molecule has 1 aliphatic heterocycles. The highest BCUT2D eigenvalue weighted by Crippen LogP contribution is 2.16. The summed E-state index contributed by atoms with van der Waals surface area (Å²) in [6.45, 7) is 8.81. The Kier molecular flexibility index (Phi) is 4.99. The summed E-state index contributed by atoms with van der Waals surface area (Å²) in [5.41, 5.74) is 1.16. The molecule has 19 heavy (non-hydrogen) atoms. The third-order valence-electron chi connectivity index (χ3n) is 4.49. The van der Waals surface area contributed by atoms with E-state index in [9.17, 15) is 0 Å². The minimum Gasteiger partial charge on any atom is -0.308 e. The number of hydrogen-bond donors (Lipinski definition) is 1. The fourth-order valence-electron chi connectivity index (χ4n) is 2.63. The van der Waals surface area contributed by atoms with E-state index < -0.39 is 0 Å². The van der Waals surface area contributed by atoms with Crippen LogP contribution in [0.4, 0.5) is 0 Å². The van der Waals surface area contributed by atoms with Crippen LogP contribution in [0.25, 0.3) is 0 Å². The van der Waals surface area contributed by atoms with Crippen LogP contribution in [-0.4, -0.2) is 40.4 Å². The van der Waals surface area contributed by atoms with Crippen LogP contribution < -0.4 is 5.32 Å². The van der Waals surface area contributed by atoms with E-state index in [-0.39, 0.29) is 0 Å². The Labute approximate surface area is 117 Å². The number of piperidine rings is 1. The van der Waals surface area contributed by atoms with Gasteiger partial charge in [-0.15, -0.1) is 0 Å². The molecule has 0 aromatic carbocycles. The monoisotopic (exact) mass is 264 g/mol. The molecular formula is C15H28N4. The lowest BCUT2D eigenvalue weighted by atomic mass is 9.99. The number of hydrogen-bond acceptors (Lipinski definition) is 3. The molecule has 0 radical (unpaired) electrons. The molecule has 0 saturated carbocycles. The summed E-state index contributed by atoms with van der Waals surface area (Å²) in [6, 6.07) is 3.96. The van der Waals surface area contributed by atoms with Crippen molar-refractivity contribution < 1.29 is 0 Å². The number of aromatic nitrogens is 2. The average Bonchev–Trinajstić information content (AvgIpc) is 2.88. The lowest BCUT2D eigenvalue weighted by Gasteiger charge is -2.35. The predicted molar refractivity (Wildman–Crippen MR) is 79.2 cm³/mol. The molecule has 1 aromatic heterocycles. The van der Waals surface area contributed by atoms with E-state index in [4.69, 9.17) is 0 Å². The highest BCUT2D eigenvalue weighted by molar-refractivity contribution is 5.00. The van der Waals surface area contributed by atoms with Gasteiger partial charge in [-0.2, -0.15) is 5.10 Å². The van der Waals surface area contributed by atoms with E-state index in [2.05, 4.69) is 60.1 Å². The maximum atomic E-state index is 4.64. The summed E-state index contributed by atoms with van der Waals surface area (Å²) in [5.74, 6) is 0. The van der Waals surface area contributed by atoms with Gasteiger partial charge in [-0.25, -0.2) is 0 Å². The Bertz CT molecular complexity index is 387. The fraction of sp³-hybridized carbons (Fsp3) is 0.800. The highest BCUT2D eigenvalue weighted by Gasteiger charge is 2.22. The standard InChI is InChI=1S/C15H28N4/c1-5-12(2)19-9-7-15(17-19)11-16-14-6-8-18(4)13(3)10-14/h7,9,12-14,16H,5-6,8,10-11H2,1-4H3. The molecule has 4 nitrogen and oxygen atoms in total. The third-order valence-corrected chi connectivity index (χ3v) is 4.49. The molecule has 3 unspecified atom stereocenters. The van der Waals surface area contributed by atoms with Gasteiger partial charge in [0.25, 0.3) is 0 Å². The zero-order valence-electron chi connectivity index (χ0n) is 12.8. The first kappa shape index (κ1) is 14.5. The van der Waals surface area contributed by atoms with Crippen LogP contribution in [0.2, 0.25) is 0 Å². The SMILES string of the molecule is CCC(C)n1ccc(CNC2CCN(C)C(C)C2)n1. The van der Waals surface area contributed by atoms with Gasteiger partial charge in [0.05, 0.1) is 5.69 Å². The van der Waals surface area contributed by atoms with E-state index in [1.165, 1.54) is 19.4 Å². The van der Waals surface area contributed by atoms with Crippen molar-refractivity contribution in [1.82, 2.24) is 20.0 Å². The molecule has 0 aliphatic carbocycles. The van der Waals surface area contributed by atoms with E-state index in [0.717, 1.165) is 18.7 Å². The van der Waals surface area contributed by atoms with E-state index in [1.807, 2.05) is 0 Å². The third kappa shape index (κ3) is 3.80. The summed E-state index contributed by atoms with van der Waals surface area (Å²) >= 11 is 0. The molecule has 2 heterocycles. The molecule has 4 heteroatoms. The lowest BCUT2D eigenvalue weighted by Crippen LogP contribution is -2.45. The van der Waals surface area contributed by atoms with Gasteiger partial charge in [0, 0.05) is 30.9 Å². The molecular weight excluding hydrogens is 236 g/mol. The topological polar surface area (TPSA) is 33.1 Å². The van der Waals surface area contributed by atoms with Gasteiger partial charge in [0.15, 0.2) is 0 Å². The summed E-state index contributed by atoms with van der Waals surface area (Å²) < 4.78 is 2.08. The highest BCUT2D eigenvalue weighted by atomic mass is 15.3. The Morgan fingerprint density at radius 2 is 2.32 bits per heavy atom. The minimum atomic E-state index is 0.497. The van der Waals surface area contributed by atoms with E-state index in [1.54, 1.807) is 0 Å². The van der Waals surface area contributed by atoms with Crippen molar-refractivity contribution in [2.24, 2.45) is 0 Å². The number of nitrogens with one attached hydrogen (secondary N) is 1. The second-order valence-electron chi connectivity index (χ2n) is 5.98. The lowest BCUT2D eigenvalue weighted by molar-refractivity contribution is 0.168. The molecule has 0 bridgehead atoms. The normalized spacial score (nSPS) is 26.5. The van der Waals surface area contributed by atoms with Crippen LogP contribution in [0.1, 0.15) is 51.8 Å². The van der Waals surface area contributed by atoms with Crippen LogP contribution >= 0.6 is 0 Å². The first-order valence-electron chi connectivity index (χ1n) is 7.57. The van der Waals surface area contributed by atoms with Gasteiger partial charge in [0.1, 0.15) is 0 Å². The second kappa shape index (κ2) is 6.53. The predicted octanol–water partition coefficient (Wildman–Crippen LogP) is 2.43. The van der Waals surface area contributed by atoms with Crippen molar-refractivity contribution in [2.75, 3.05) is 13.6 Å².